The maximum atomic E-state index is 15.3. The smallest absolute Gasteiger partial charge is 0.406 e. The molecule has 1 fully saturated rings. The van der Waals surface area contributed by atoms with Crippen LogP contribution >= 0.6 is 11.6 Å². The lowest BCUT2D eigenvalue weighted by Gasteiger charge is -2.42. The van der Waals surface area contributed by atoms with E-state index in [1.54, 1.807) is 34.9 Å². The number of alkyl halides is 3. The SMILES string of the molecule is CCc1nc2cc(C)c(Cl)cn2c1C(=O)NCc1ccc(N2CCN(c3ccc(OC(F)(F)F)cc3)[C@@H](C)C2)c(F)c1. The van der Waals surface area contributed by atoms with Crippen molar-refractivity contribution in [2.24, 2.45) is 0 Å². The van der Waals surface area contributed by atoms with Crippen LogP contribution in [0.3, 0.4) is 0 Å². The molecule has 3 heterocycles. The van der Waals surface area contributed by atoms with E-state index in [0.29, 0.717) is 59.4 Å². The zero-order valence-corrected chi connectivity index (χ0v) is 24.1. The number of aromatic nitrogens is 2. The molecule has 0 spiro atoms. The third-order valence-electron chi connectivity index (χ3n) is 7.36. The van der Waals surface area contributed by atoms with E-state index >= 15 is 4.39 Å². The summed E-state index contributed by atoms with van der Waals surface area (Å²) in [6.07, 6.45) is -2.50. The van der Waals surface area contributed by atoms with Crippen molar-refractivity contribution in [2.45, 2.75) is 46.1 Å². The van der Waals surface area contributed by atoms with E-state index in [4.69, 9.17) is 11.6 Å². The molecule has 1 atom stereocenters. The standard InChI is InChI=1S/C30H30ClF4N5O2/c1-4-25-28(40-17-23(31)18(2)13-27(40)37-25)29(41)36-15-20-5-10-26(24(32)14-20)38-11-12-39(19(3)16-38)21-6-8-22(9-7-21)42-30(33,34)35/h5-10,13-14,17,19H,4,11-12,15-16H2,1-3H3,(H,36,41)/t19-/m0/s1. The monoisotopic (exact) mass is 603 g/mol. The first-order valence-electron chi connectivity index (χ1n) is 13.5. The minimum Gasteiger partial charge on any atom is -0.406 e. The summed E-state index contributed by atoms with van der Waals surface area (Å²) in [5.41, 5.74) is 4.37. The summed E-state index contributed by atoms with van der Waals surface area (Å²) in [6.45, 7) is 7.50. The van der Waals surface area contributed by atoms with E-state index in [1.165, 1.54) is 18.2 Å². The van der Waals surface area contributed by atoms with Crippen LogP contribution in [0.1, 0.15) is 41.2 Å². The molecule has 1 aliphatic rings. The maximum Gasteiger partial charge on any atom is 0.573 e. The van der Waals surface area contributed by atoms with Crippen molar-refractivity contribution in [1.82, 2.24) is 14.7 Å². The molecule has 7 nitrogen and oxygen atoms in total. The molecule has 1 N–H and O–H groups in total. The van der Waals surface area contributed by atoms with Crippen LogP contribution in [0.4, 0.5) is 28.9 Å². The van der Waals surface area contributed by atoms with Gasteiger partial charge in [0.1, 0.15) is 22.9 Å². The van der Waals surface area contributed by atoms with Gasteiger partial charge in [-0.05, 0) is 73.9 Å². The van der Waals surface area contributed by atoms with Crippen molar-refractivity contribution in [3.8, 4) is 5.75 Å². The maximum absolute atomic E-state index is 15.3. The Morgan fingerprint density at radius 1 is 1.14 bits per heavy atom. The Morgan fingerprint density at radius 2 is 1.88 bits per heavy atom. The molecule has 42 heavy (non-hydrogen) atoms. The molecule has 0 radical (unpaired) electrons. The van der Waals surface area contributed by atoms with Gasteiger partial charge in [0.2, 0.25) is 0 Å². The van der Waals surface area contributed by atoms with Crippen LogP contribution < -0.4 is 19.9 Å². The third-order valence-corrected chi connectivity index (χ3v) is 7.76. The lowest BCUT2D eigenvalue weighted by atomic mass is 10.1. The number of carbonyl (C=O) groups is 1. The molecule has 222 valence electrons. The average Bonchev–Trinajstić information content (AvgIpc) is 3.29. The number of pyridine rings is 1. The van der Waals surface area contributed by atoms with Crippen LogP contribution in [0.5, 0.6) is 5.75 Å². The molecule has 1 aliphatic heterocycles. The van der Waals surface area contributed by atoms with Gasteiger partial charge < -0.3 is 19.9 Å². The van der Waals surface area contributed by atoms with Gasteiger partial charge in [-0.15, -0.1) is 13.2 Å². The normalized spacial score (nSPS) is 15.8. The number of anilines is 2. The molecule has 2 aromatic carbocycles. The first-order chi connectivity index (χ1) is 19.9. The second kappa shape index (κ2) is 11.7. The number of aryl methyl sites for hydroxylation is 2. The molecular formula is C30H30ClF4N5O2. The van der Waals surface area contributed by atoms with Crippen molar-refractivity contribution < 1.29 is 27.1 Å². The highest BCUT2D eigenvalue weighted by Gasteiger charge is 2.31. The second-order valence-electron chi connectivity index (χ2n) is 10.3. The minimum absolute atomic E-state index is 0.0259. The molecule has 0 aliphatic carbocycles. The number of fused-ring (bicyclic) bond motifs is 1. The van der Waals surface area contributed by atoms with E-state index < -0.39 is 12.2 Å². The van der Waals surface area contributed by atoms with Gasteiger partial charge in [0.15, 0.2) is 0 Å². The number of piperazine rings is 1. The Kier molecular flexibility index (Phi) is 8.23. The number of benzene rings is 2. The summed E-state index contributed by atoms with van der Waals surface area (Å²) in [7, 11) is 0. The molecule has 0 saturated carbocycles. The number of halogens is 5. The Balaban J connectivity index is 1.23. The summed E-state index contributed by atoms with van der Waals surface area (Å²) >= 11 is 6.29. The summed E-state index contributed by atoms with van der Waals surface area (Å²) in [5.74, 6) is -1.01. The van der Waals surface area contributed by atoms with E-state index in [0.717, 1.165) is 11.3 Å². The van der Waals surface area contributed by atoms with Crippen molar-refractivity contribution in [2.75, 3.05) is 29.4 Å². The third kappa shape index (κ3) is 6.25. The Hall–Kier alpha value is -3.99. The predicted molar refractivity (Wildman–Crippen MR) is 154 cm³/mol. The number of ether oxygens (including phenoxy) is 1. The van der Waals surface area contributed by atoms with E-state index in [2.05, 4.69) is 19.9 Å². The minimum atomic E-state index is -4.74. The second-order valence-corrected chi connectivity index (χ2v) is 10.7. The van der Waals surface area contributed by atoms with Gasteiger partial charge in [-0.25, -0.2) is 9.37 Å². The first kappa shape index (κ1) is 29.5. The Labute approximate surface area is 245 Å². The van der Waals surface area contributed by atoms with Crippen molar-refractivity contribution in [3.05, 3.63) is 88.1 Å². The largest absolute Gasteiger partial charge is 0.573 e. The zero-order chi connectivity index (χ0) is 30.2. The fraction of sp³-hybridized carbons (Fsp3) is 0.333. The van der Waals surface area contributed by atoms with Crippen LogP contribution in [-0.2, 0) is 13.0 Å². The van der Waals surface area contributed by atoms with Crippen LogP contribution in [0.25, 0.3) is 5.65 Å². The molecule has 1 saturated heterocycles. The van der Waals surface area contributed by atoms with Gasteiger partial charge >= 0.3 is 6.36 Å². The lowest BCUT2D eigenvalue weighted by molar-refractivity contribution is -0.274. The lowest BCUT2D eigenvalue weighted by Crippen LogP contribution is -2.52. The first-order valence-corrected chi connectivity index (χ1v) is 13.9. The fourth-order valence-corrected chi connectivity index (χ4v) is 5.43. The predicted octanol–water partition coefficient (Wildman–Crippen LogP) is 6.54. The van der Waals surface area contributed by atoms with E-state index in [-0.39, 0.29) is 24.2 Å². The van der Waals surface area contributed by atoms with Gasteiger partial charge in [0, 0.05) is 44.1 Å². The molecule has 4 aromatic rings. The molecule has 2 aromatic heterocycles. The van der Waals surface area contributed by atoms with Gasteiger partial charge in [0.05, 0.1) is 16.4 Å². The van der Waals surface area contributed by atoms with Crippen molar-refractivity contribution in [1.29, 1.82) is 0 Å². The zero-order valence-electron chi connectivity index (χ0n) is 23.3. The number of rotatable bonds is 7. The quantitative estimate of drug-likeness (QED) is 0.243. The van der Waals surface area contributed by atoms with Gasteiger partial charge in [-0.2, -0.15) is 0 Å². The van der Waals surface area contributed by atoms with Crippen LogP contribution in [0, 0.1) is 12.7 Å². The number of nitrogens with one attached hydrogen (secondary N) is 1. The highest BCUT2D eigenvalue weighted by atomic mass is 35.5. The number of imidazole rings is 1. The molecule has 12 heteroatoms. The molecule has 5 rings (SSSR count). The summed E-state index contributed by atoms with van der Waals surface area (Å²) in [6, 6.07) is 12.5. The number of hydrogen-bond donors (Lipinski definition) is 1. The number of amides is 1. The Morgan fingerprint density at radius 3 is 2.52 bits per heavy atom. The van der Waals surface area contributed by atoms with Crippen molar-refractivity contribution in [3.63, 3.8) is 0 Å². The molecule has 0 unspecified atom stereocenters. The van der Waals surface area contributed by atoms with Crippen LogP contribution in [-0.4, -0.2) is 47.3 Å². The molecule has 0 bridgehead atoms. The number of carbonyl (C=O) groups excluding carboxylic acids is 1. The summed E-state index contributed by atoms with van der Waals surface area (Å²) < 4.78 is 58.3. The van der Waals surface area contributed by atoms with Gasteiger partial charge in [-0.3, -0.25) is 9.20 Å². The van der Waals surface area contributed by atoms with E-state index in [9.17, 15) is 18.0 Å². The van der Waals surface area contributed by atoms with Crippen molar-refractivity contribution >= 4 is 34.5 Å². The fourth-order valence-electron chi connectivity index (χ4n) is 5.28. The van der Waals surface area contributed by atoms with Gasteiger partial charge in [-0.1, -0.05) is 24.6 Å². The van der Waals surface area contributed by atoms with Gasteiger partial charge in [0.25, 0.3) is 5.91 Å². The molecular weight excluding hydrogens is 574 g/mol. The summed E-state index contributed by atoms with van der Waals surface area (Å²) in [4.78, 5) is 21.7. The number of nitrogens with zero attached hydrogens (tertiary/aromatic N) is 4. The summed E-state index contributed by atoms with van der Waals surface area (Å²) in [5, 5.41) is 3.40. The topological polar surface area (TPSA) is 62.1 Å². The highest BCUT2D eigenvalue weighted by molar-refractivity contribution is 6.31. The number of hydrogen-bond acceptors (Lipinski definition) is 5. The Bertz CT molecular complexity index is 1610. The van der Waals surface area contributed by atoms with Crippen LogP contribution in [0.15, 0.2) is 54.7 Å². The average molecular weight is 604 g/mol. The molecule has 1 amide bonds. The van der Waals surface area contributed by atoms with Crippen LogP contribution in [0.2, 0.25) is 5.02 Å². The highest BCUT2D eigenvalue weighted by Crippen LogP contribution is 2.29. The van der Waals surface area contributed by atoms with E-state index in [1.807, 2.05) is 31.7 Å².